The Hall–Kier alpha value is -1.18. The van der Waals surface area contributed by atoms with E-state index in [2.05, 4.69) is 5.32 Å². The minimum atomic E-state index is -4.49. The van der Waals surface area contributed by atoms with Gasteiger partial charge in [-0.25, -0.2) is 4.39 Å². The molecule has 0 heterocycles. The first kappa shape index (κ1) is 16.9. The van der Waals surface area contributed by atoms with Gasteiger partial charge in [-0.2, -0.15) is 13.2 Å². The molecule has 20 heavy (non-hydrogen) atoms. The largest absolute Gasteiger partial charge is 0.416 e. The van der Waals surface area contributed by atoms with Crippen LogP contribution >= 0.6 is 0 Å². The molecule has 0 bridgehead atoms. The summed E-state index contributed by atoms with van der Waals surface area (Å²) in [6.45, 7) is 0.520. The Morgan fingerprint density at radius 2 is 1.95 bits per heavy atom. The number of rotatable bonds is 6. The first-order valence-corrected chi connectivity index (χ1v) is 6.09. The van der Waals surface area contributed by atoms with Crippen molar-refractivity contribution in [2.45, 2.75) is 18.8 Å². The van der Waals surface area contributed by atoms with Crippen LogP contribution in [0.2, 0.25) is 0 Å². The summed E-state index contributed by atoms with van der Waals surface area (Å²) in [5, 5.41) is 12.3. The molecule has 0 aromatic heterocycles. The van der Waals surface area contributed by atoms with E-state index in [4.69, 9.17) is 0 Å². The predicted molar refractivity (Wildman–Crippen MR) is 67.7 cm³/mol. The number of aliphatic hydroxyl groups is 1. The average molecular weight is 294 g/mol. The lowest BCUT2D eigenvalue weighted by atomic mass is 10.1. The van der Waals surface area contributed by atoms with Crippen molar-refractivity contribution >= 4 is 0 Å². The zero-order valence-corrected chi connectivity index (χ0v) is 11.3. The quantitative estimate of drug-likeness (QED) is 0.786. The van der Waals surface area contributed by atoms with Gasteiger partial charge in [-0.3, -0.25) is 0 Å². The summed E-state index contributed by atoms with van der Waals surface area (Å²) in [5.41, 5.74) is -0.957. The van der Waals surface area contributed by atoms with Crippen molar-refractivity contribution in [3.05, 3.63) is 35.1 Å². The molecular weight excluding hydrogens is 276 g/mol. The van der Waals surface area contributed by atoms with Gasteiger partial charge in [0.1, 0.15) is 5.82 Å². The SMILES string of the molecule is CN(C)CC(O)CNCc1cc(C(F)(F)F)ccc1F. The maximum absolute atomic E-state index is 13.4. The van der Waals surface area contributed by atoms with E-state index < -0.39 is 23.7 Å². The van der Waals surface area contributed by atoms with Gasteiger partial charge < -0.3 is 15.3 Å². The average Bonchev–Trinajstić information content (AvgIpc) is 2.29. The van der Waals surface area contributed by atoms with Crippen LogP contribution in [0, 0.1) is 5.82 Å². The van der Waals surface area contributed by atoms with Gasteiger partial charge in [0.15, 0.2) is 0 Å². The van der Waals surface area contributed by atoms with Crippen molar-refractivity contribution in [2.75, 3.05) is 27.2 Å². The molecule has 7 heteroatoms. The van der Waals surface area contributed by atoms with E-state index in [-0.39, 0.29) is 18.7 Å². The standard InChI is InChI=1S/C13H18F4N2O/c1-19(2)8-11(20)7-18-6-9-5-10(13(15,16)17)3-4-12(9)14/h3-5,11,18,20H,6-8H2,1-2H3. The molecule has 2 N–H and O–H groups in total. The van der Waals surface area contributed by atoms with Crippen molar-refractivity contribution < 1.29 is 22.7 Å². The van der Waals surface area contributed by atoms with E-state index >= 15 is 0 Å². The molecule has 0 aliphatic heterocycles. The summed E-state index contributed by atoms with van der Waals surface area (Å²) in [4.78, 5) is 1.78. The third-order valence-electron chi connectivity index (χ3n) is 2.64. The van der Waals surface area contributed by atoms with Crippen molar-refractivity contribution in [3.8, 4) is 0 Å². The van der Waals surface area contributed by atoms with Gasteiger partial charge in [0.2, 0.25) is 0 Å². The van der Waals surface area contributed by atoms with Crippen LogP contribution in [-0.4, -0.2) is 43.3 Å². The van der Waals surface area contributed by atoms with Gasteiger partial charge in [-0.05, 0) is 32.3 Å². The maximum Gasteiger partial charge on any atom is 0.416 e. The van der Waals surface area contributed by atoms with Crippen molar-refractivity contribution in [1.82, 2.24) is 10.2 Å². The Morgan fingerprint density at radius 3 is 2.50 bits per heavy atom. The van der Waals surface area contributed by atoms with Crippen LogP contribution in [0.5, 0.6) is 0 Å². The van der Waals surface area contributed by atoms with Gasteiger partial charge in [0.25, 0.3) is 0 Å². The number of aliphatic hydroxyl groups excluding tert-OH is 1. The van der Waals surface area contributed by atoms with Crippen LogP contribution in [0.1, 0.15) is 11.1 Å². The Kier molecular flexibility index (Phi) is 5.91. The summed E-state index contributed by atoms with van der Waals surface area (Å²) in [7, 11) is 3.57. The number of nitrogens with zero attached hydrogens (tertiary/aromatic N) is 1. The van der Waals surface area contributed by atoms with Gasteiger partial charge in [0, 0.05) is 25.2 Å². The molecule has 0 saturated heterocycles. The van der Waals surface area contributed by atoms with Crippen LogP contribution in [0.25, 0.3) is 0 Å². The highest BCUT2D eigenvalue weighted by Gasteiger charge is 2.30. The highest BCUT2D eigenvalue weighted by molar-refractivity contribution is 5.27. The number of hydrogen-bond acceptors (Lipinski definition) is 3. The summed E-state index contributed by atoms with van der Waals surface area (Å²) in [6, 6.07) is 2.29. The number of alkyl halides is 3. The topological polar surface area (TPSA) is 35.5 Å². The molecule has 1 aromatic rings. The highest BCUT2D eigenvalue weighted by atomic mass is 19.4. The van der Waals surface area contributed by atoms with Crippen molar-refractivity contribution in [2.24, 2.45) is 0 Å². The zero-order valence-electron chi connectivity index (χ0n) is 11.3. The number of likely N-dealkylation sites (N-methyl/N-ethyl adjacent to an activating group) is 1. The summed E-state index contributed by atoms with van der Waals surface area (Å²) in [6.07, 6.45) is -5.16. The van der Waals surface area contributed by atoms with Gasteiger partial charge in [-0.1, -0.05) is 0 Å². The predicted octanol–water partition coefficient (Wildman–Crippen LogP) is 1.86. The molecule has 1 unspecified atom stereocenters. The molecule has 1 rings (SSSR count). The fourth-order valence-corrected chi connectivity index (χ4v) is 1.75. The molecule has 114 valence electrons. The summed E-state index contributed by atoms with van der Waals surface area (Å²) in [5.74, 6) is -0.701. The van der Waals surface area contributed by atoms with E-state index in [1.165, 1.54) is 0 Å². The molecule has 0 aliphatic carbocycles. The van der Waals surface area contributed by atoms with Crippen LogP contribution in [-0.2, 0) is 12.7 Å². The molecule has 1 atom stereocenters. The fraction of sp³-hybridized carbons (Fsp3) is 0.538. The van der Waals surface area contributed by atoms with Crippen LogP contribution in [0.15, 0.2) is 18.2 Å². The number of nitrogens with one attached hydrogen (secondary N) is 1. The van der Waals surface area contributed by atoms with Crippen molar-refractivity contribution in [1.29, 1.82) is 0 Å². The normalized spacial score (nSPS) is 13.8. The second kappa shape index (κ2) is 7.01. The van der Waals surface area contributed by atoms with Crippen molar-refractivity contribution in [3.63, 3.8) is 0 Å². The minimum Gasteiger partial charge on any atom is -0.390 e. The molecular formula is C13H18F4N2O. The third kappa shape index (κ3) is 5.44. The highest BCUT2D eigenvalue weighted by Crippen LogP contribution is 2.30. The molecule has 3 nitrogen and oxygen atoms in total. The number of benzene rings is 1. The minimum absolute atomic E-state index is 0.0692. The van der Waals surface area contributed by atoms with E-state index in [0.717, 1.165) is 12.1 Å². The van der Waals surface area contributed by atoms with Crippen LogP contribution in [0.4, 0.5) is 17.6 Å². The molecule has 0 saturated carbocycles. The van der Waals surface area contributed by atoms with Gasteiger partial charge >= 0.3 is 6.18 Å². The van der Waals surface area contributed by atoms with Crippen LogP contribution < -0.4 is 5.32 Å². The Labute approximate surface area is 115 Å². The third-order valence-corrected chi connectivity index (χ3v) is 2.64. The molecule has 0 radical (unpaired) electrons. The first-order valence-electron chi connectivity index (χ1n) is 6.09. The Morgan fingerprint density at radius 1 is 1.30 bits per heavy atom. The lowest BCUT2D eigenvalue weighted by molar-refractivity contribution is -0.137. The Balaban J connectivity index is 2.59. The van der Waals surface area contributed by atoms with E-state index in [1.807, 2.05) is 0 Å². The lowest BCUT2D eigenvalue weighted by Crippen LogP contribution is -2.34. The first-order chi connectivity index (χ1) is 9.20. The molecule has 1 aromatic carbocycles. The number of halogens is 4. The molecule has 0 fully saturated rings. The smallest absolute Gasteiger partial charge is 0.390 e. The fourth-order valence-electron chi connectivity index (χ4n) is 1.75. The van der Waals surface area contributed by atoms with E-state index in [9.17, 15) is 22.7 Å². The van der Waals surface area contributed by atoms with Gasteiger partial charge in [-0.15, -0.1) is 0 Å². The van der Waals surface area contributed by atoms with E-state index in [0.29, 0.717) is 12.6 Å². The molecule has 0 spiro atoms. The summed E-state index contributed by atoms with van der Waals surface area (Å²) >= 11 is 0. The monoisotopic (exact) mass is 294 g/mol. The molecule has 0 amide bonds. The zero-order chi connectivity index (χ0) is 15.3. The van der Waals surface area contributed by atoms with Gasteiger partial charge in [0.05, 0.1) is 11.7 Å². The van der Waals surface area contributed by atoms with Crippen LogP contribution in [0.3, 0.4) is 0 Å². The molecule has 0 aliphatic rings. The second-order valence-electron chi connectivity index (χ2n) is 4.85. The number of hydrogen-bond donors (Lipinski definition) is 2. The lowest BCUT2D eigenvalue weighted by Gasteiger charge is -2.17. The van der Waals surface area contributed by atoms with E-state index in [1.54, 1.807) is 19.0 Å². The second-order valence-corrected chi connectivity index (χ2v) is 4.85. The summed E-state index contributed by atoms with van der Waals surface area (Å²) < 4.78 is 50.9. The maximum atomic E-state index is 13.4. The Bertz CT molecular complexity index is 435.